The van der Waals surface area contributed by atoms with Gasteiger partial charge in [-0.25, -0.2) is 0 Å². The lowest BCUT2D eigenvalue weighted by Crippen LogP contribution is -2.15. The number of nitrogens with one attached hydrogen (secondary N) is 2. The molecule has 0 atom stereocenters. The summed E-state index contributed by atoms with van der Waals surface area (Å²) in [6.07, 6.45) is 1.83. The highest BCUT2D eigenvalue weighted by molar-refractivity contribution is 7.98. The molecule has 2 aromatic rings. The zero-order valence-electron chi connectivity index (χ0n) is 13.0. The minimum atomic E-state index is -0.270. The molecule has 0 unspecified atom stereocenters. The quantitative estimate of drug-likeness (QED) is 0.849. The molecule has 2 rings (SSSR count). The molecule has 6 heteroatoms. The van der Waals surface area contributed by atoms with Gasteiger partial charge in [0.15, 0.2) is 0 Å². The molecule has 0 saturated carbocycles. The van der Waals surface area contributed by atoms with Gasteiger partial charge < -0.3 is 5.32 Å². The van der Waals surface area contributed by atoms with Gasteiger partial charge in [0, 0.05) is 5.56 Å². The maximum atomic E-state index is 12.3. The van der Waals surface area contributed by atoms with Crippen LogP contribution in [0.1, 0.15) is 42.3 Å². The average Bonchev–Trinajstić information content (AvgIpc) is 2.88. The second kappa shape index (κ2) is 6.24. The lowest BCUT2D eigenvalue weighted by molar-refractivity contribution is 0.102. The van der Waals surface area contributed by atoms with Crippen LogP contribution in [0.4, 0.5) is 5.82 Å². The Morgan fingerprint density at radius 3 is 2.45 bits per heavy atom. The molecule has 0 aliphatic rings. The molecule has 0 aliphatic heterocycles. The molecule has 1 aromatic heterocycles. The highest BCUT2D eigenvalue weighted by Gasteiger charge is 2.17. The van der Waals surface area contributed by atoms with Crippen molar-refractivity contribution >= 4 is 23.5 Å². The zero-order chi connectivity index (χ0) is 16.3. The van der Waals surface area contributed by atoms with Crippen molar-refractivity contribution in [1.82, 2.24) is 10.2 Å². The molecule has 0 radical (unpaired) electrons. The standard InChI is InChI=1S/C16H18N4OS/c1-16(2,3)11-7-5-10(6-8-11)14(21)18-13-12(9-17)15(22-4)20-19-13/h5-8H,1-4H3,(H2,18,19,20,21). The maximum absolute atomic E-state index is 12.3. The largest absolute Gasteiger partial charge is 0.306 e. The maximum Gasteiger partial charge on any atom is 0.256 e. The lowest BCUT2D eigenvalue weighted by Gasteiger charge is -2.19. The van der Waals surface area contributed by atoms with E-state index in [0.717, 1.165) is 5.56 Å². The average molecular weight is 314 g/mol. The summed E-state index contributed by atoms with van der Waals surface area (Å²) < 4.78 is 0. The number of anilines is 1. The number of carbonyl (C=O) groups excluding carboxylic acids is 1. The first-order chi connectivity index (χ1) is 10.4. The van der Waals surface area contributed by atoms with Gasteiger partial charge in [0.05, 0.1) is 0 Å². The number of nitriles is 1. The number of benzene rings is 1. The molecule has 0 bridgehead atoms. The summed E-state index contributed by atoms with van der Waals surface area (Å²) in [5.41, 5.74) is 2.09. The van der Waals surface area contributed by atoms with Crippen LogP contribution >= 0.6 is 11.8 Å². The third-order valence-corrected chi connectivity index (χ3v) is 3.97. The fraction of sp³-hybridized carbons (Fsp3) is 0.312. The number of rotatable bonds is 3. The highest BCUT2D eigenvalue weighted by Crippen LogP contribution is 2.24. The van der Waals surface area contributed by atoms with Crippen LogP contribution in [-0.4, -0.2) is 22.4 Å². The third-order valence-electron chi connectivity index (χ3n) is 3.29. The van der Waals surface area contributed by atoms with Crippen LogP contribution in [0.5, 0.6) is 0 Å². The van der Waals surface area contributed by atoms with Crippen molar-refractivity contribution in [3.63, 3.8) is 0 Å². The van der Waals surface area contributed by atoms with Crippen molar-refractivity contribution < 1.29 is 4.79 Å². The Labute approximate surface area is 134 Å². The minimum absolute atomic E-state index is 0.0413. The number of hydrogen-bond donors (Lipinski definition) is 2. The summed E-state index contributed by atoms with van der Waals surface area (Å²) in [6, 6.07) is 9.51. The van der Waals surface area contributed by atoms with Crippen molar-refractivity contribution in [2.24, 2.45) is 0 Å². The fourth-order valence-corrected chi connectivity index (χ4v) is 2.46. The van der Waals surface area contributed by atoms with Crippen molar-refractivity contribution in [3.05, 3.63) is 41.0 Å². The van der Waals surface area contributed by atoms with Gasteiger partial charge in [0.25, 0.3) is 5.91 Å². The number of nitrogens with zero attached hydrogens (tertiary/aromatic N) is 2. The monoisotopic (exact) mass is 314 g/mol. The Balaban J connectivity index is 2.20. The molecule has 0 aliphatic carbocycles. The zero-order valence-corrected chi connectivity index (χ0v) is 13.8. The topological polar surface area (TPSA) is 81.6 Å². The summed E-state index contributed by atoms with van der Waals surface area (Å²) >= 11 is 1.35. The van der Waals surface area contributed by atoms with E-state index >= 15 is 0 Å². The molecule has 0 saturated heterocycles. The summed E-state index contributed by atoms with van der Waals surface area (Å²) in [4.78, 5) is 12.3. The van der Waals surface area contributed by atoms with E-state index in [-0.39, 0.29) is 11.3 Å². The van der Waals surface area contributed by atoms with E-state index in [2.05, 4.69) is 42.4 Å². The van der Waals surface area contributed by atoms with Crippen molar-refractivity contribution in [1.29, 1.82) is 5.26 Å². The first-order valence-corrected chi connectivity index (χ1v) is 8.03. The molecule has 22 heavy (non-hydrogen) atoms. The van der Waals surface area contributed by atoms with Gasteiger partial charge >= 0.3 is 0 Å². The number of thioether (sulfide) groups is 1. The van der Waals surface area contributed by atoms with Crippen molar-refractivity contribution in [2.45, 2.75) is 31.2 Å². The van der Waals surface area contributed by atoms with Gasteiger partial charge in [-0.3, -0.25) is 9.89 Å². The van der Waals surface area contributed by atoms with E-state index in [1.165, 1.54) is 11.8 Å². The van der Waals surface area contributed by atoms with Crippen LogP contribution in [0.15, 0.2) is 29.3 Å². The number of H-pyrrole nitrogens is 1. The molecular formula is C16H18N4OS. The van der Waals surface area contributed by atoms with Gasteiger partial charge in [-0.15, -0.1) is 11.8 Å². The van der Waals surface area contributed by atoms with E-state index in [1.807, 2.05) is 18.4 Å². The summed E-state index contributed by atoms with van der Waals surface area (Å²) in [6.45, 7) is 6.36. The number of amides is 1. The van der Waals surface area contributed by atoms with Gasteiger partial charge in [0.1, 0.15) is 22.5 Å². The smallest absolute Gasteiger partial charge is 0.256 e. The molecular weight excluding hydrogens is 296 g/mol. The van der Waals surface area contributed by atoms with Gasteiger partial charge in [-0.1, -0.05) is 32.9 Å². The predicted octanol–water partition coefficient (Wildman–Crippen LogP) is 3.55. The summed E-state index contributed by atoms with van der Waals surface area (Å²) in [5.74, 6) is 0.0602. The van der Waals surface area contributed by atoms with Crippen LogP contribution in [0, 0.1) is 11.3 Å². The van der Waals surface area contributed by atoms with Crippen molar-refractivity contribution in [2.75, 3.05) is 11.6 Å². The summed E-state index contributed by atoms with van der Waals surface area (Å²) in [7, 11) is 0. The van der Waals surface area contributed by atoms with Crippen molar-refractivity contribution in [3.8, 4) is 6.07 Å². The molecule has 5 nitrogen and oxygen atoms in total. The second-order valence-electron chi connectivity index (χ2n) is 5.88. The number of hydrogen-bond acceptors (Lipinski definition) is 4. The first-order valence-electron chi connectivity index (χ1n) is 6.81. The van der Waals surface area contributed by atoms with Gasteiger partial charge in [-0.05, 0) is 29.4 Å². The van der Waals surface area contributed by atoms with E-state index in [4.69, 9.17) is 5.26 Å². The SMILES string of the molecule is CSc1n[nH]c(NC(=O)c2ccc(C(C)(C)C)cc2)c1C#N. The normalized spacial score (nSPS) is 11.0. The third kappa shape index (κ3) is 3.31. The van der Waals surface area contributed by atoms with Gasteiger partial charge in [0.2, 0.25) is 0 Å². The molecule has 0 fully saturated rings. The van der Waals surface area contributed by atoms with E-state index < -0.39 is 0 Å². The molecule has 114 valence electrons. The Bertz CT molecular complexity index is 720. The number of carbonyl (C=O) groups is 1. The van der Waals surface area contributed by atoms with E-state index in [1.54, 1.807) is 12.1 Å². The molecule has 1 amide bonds. The fourth-order valence-electron chi connectivity index (χ4n) is 1.97. The molecule has 1 aromatic carbocycles. The lowest BCUT2D eigenvalue weighted by atomic mass is 9.87. The number of aromatic nitrogens is 2. The molecule has 0 spiro atoms. The minimum Gasteiger partial charge on any atom is -0.306 e. The second-order valence-corrected chi connectivity index (χ2v) is 6.67. The summed E-state index contributed by atoms with van der Waals surface area (Å²) in [5, 5.41) is 19.1. The number of aromatic amines is 1. The van der Waals surface area contributed by atoms with E-state index in [9.17, 15) is 4.79 Å². The molecule has 2 N–H and O–H groups in total. The molecule has 1 heterocycles. The van der Waals surface area contributed by atoms with Crippen LogP contribution < -0.4 is 5.32 Å². The Kier molecular flexibility index (Phi) is 4.57. The Morgan fingerprint density at radius 2 is 1.95 bits per heavy atom. The van der Waals surface area contributed by atoms with Crippen LogP contribution in [-0.2, 0) is 5.41 Å². The van der Waals surface area contributed by atoms with Crippen LogP contribution in [0.25, 0.3) is 0 Å². The van der Waals surface area contributed by atoms with Gasteiger partial charge in [-0.2, -0.15) is 10.4 Å². The Morgan fingerprint density at radius 1 is 1.32 bits per heavy atom. The predicted molar refractivity (Wildman–Crippen MR) is 88.2 cm³/mol. The van der Waals surface area contributed by atoms with E-state index in [0.29, 0.717) is 22.0 Å². The Hall–Kier alpha value is -2.26. The van der Waals surface area contributed by atoms with Crippen LogP contribution in [0.2, 0.25) is 0 Å². The first kappa shape index (κ1) is 16.1. The van der Waals surface area contributed by atoms with Crippen LogP contribution in [0.3, 0.4) is 0 Å². The highest BCUT2D eigenvalue weighted by atomic mass is 32.2.